The van der Waals surface area contributed by atoms with Crippen LogP contribution >= 0.6 is 22.6 Å². The van der Waals surface area contributed by atoms with E-state index in [0.29, 0.717) is 29.4 Å². The second-order valence-electron chi connectivity index (χ2n) is 9.56. The molecule has 4 N–H and O–H groups in total. The maximum absolute atomic E-state index is 14.7. The average molecular weight is 632 g/mol. The normalized spacial score (nSPS) is 20.9. The van der Waals surface area contributed by atoms with Gasteiger partial charge in [-0.25, -0.2) is 18.0 Å². The predicted octanol–water partition coefficient (Wildman–Crippen LogP) is 4.15. The number of carbonyl (C=O) groups is 2. The van der Waals surface area contributed by atoms with Gasteiger partial charge in [-0.1, -0.05) is 6.92 Å². The zero-order valence-corrected chi connectivity index (χ0v) is 22.3. The summed E-state index contributed by atoms with van der Waals surface area (Å²) in [7, 11) is 0. The summed E-state index contributed by atoms with van der Waals surface area (Å²) in [5, 5.41) is 26.0. The molecule has 2 unspecified atom stereocenters. The van der Waals surface area contributed by atoms with Gasteiger partial charge >= 0.3 is 6.09 Å². The van der Waals surface area contributed by atoms with Crippen LogP contribution in [0.15, 0.2) is 30.3 Å². The first kappa shape index (κ1) is 27.5. The lowest BCUT2D eigenvalue weighted by atomic mass is 9.90. The summed E-state index contributed by atoms with van der Waals surface area (Å²) in [6.45, 7) is 2.48. The largest absolute Gasteiger partial charge is 0.465 e. The van der Waals surface area contributed by atoms with E-state index < -0.39 is 40.7 Å². The third kappa shape index (κ3) is 5.96. The van der Waals surface area contributed by atoms with E-state index in [1.807, 2.05) is 29.5 Å². The van der Waals surface area contributed by atoms with Gasteiger partial charge < -0.3 is 30.6 Å². The Morgan fingerprint density at radius 2 is 1.89 bits per heavy atom. The lowest BCUT2D eigenvalue weighted by Gasteiger charge is -2.48. The molecule has 2 saturated heterocycles. The van der Waals surface area contributed by atoms with Gasteiger partial charge in [0.25, 0.3) is 5.91 Å². The highest BCUT2D eigenvalue weighted by Gasteiger charge is 2.45. The van der Waals surface area contributed by atoms with Gasteiger partial charge in [-0.15, -0.1) is 0 Å². The van der Waals surface area contributed by atoms with Gasteiger partial charge in [0.05, 0.1) is 30.0 Å². The molecule has 2 atom stereocenters. The molecule has 2 fully saturated rings. The van der Waals surface area contributed by atoms with E-state index in [-0.39, 0.29) is 43.0 Å². The summed E-state index contributed by atoms with van der Waals surface area (Å²) in [6, 6.07) is 6.06. The Bertz CT molecular complexity index is 1190. The minimum Gasteiger partial charge on any atom is -0.465 e. The first-order valence-electron chi connectivity index (χ1n) is 12.0. The molecule has 0 radical (unpaired) electrons. The SMILES string of the molecule is CCC1CC(NCC2(O)CN(C(=O)c3ccc(F)c(F)c3Nc3ccc(I)cc3F)C2)CCN1C(=O)O. The fraction of sp³-hybridized carbons (Fsp3) is 0.440. The standard InChI is InChI=1S/C25H28F3IN4O4/c1-2-16-10-15(7-8-33(16)24(35)36)30-11-25(37)12-32(13-25)23(34)17-4-5-18(26)21(28)22(17)31-20-6-3-14(29)9-19(20)27/h3-6,9,15-16,30-31,37H,2,7-8,10-13H2,1H3,(H,35,36). The number of amides is 2. The van der Waals surface area contributed by atoms with E-state index in [1.54, 1.807) is 6.07 Å². The Balaban J connectivity index is 1.40. The lowest BCUT2D eigenvalue weighted by molar-refractivity contribution is -0.0808. The molecule has 2 amide bonds. The van der Waals surface area contributed by atoms with Crippen molar-refractivity contribution in [3.63, 3.8) is 0 Å². The van der Waals surface area contributed by atoms with Crippen molar-refractivity contribution in [2.45, 2.75) is 43.9 Å². The van der Waals surface area contributed by atoms with Crippen LogP contribution in [0, 0.1) is 21.0 Å². The Labute approximate surface area is 226 Å². The third-order valence-electron chi connectivity index (χ3n) is 6.93. The van der Waals surface area contributed by atoms with Gasteiger partial charge in [0.2, 0.25) is 0 Å². The van der Waals surface area contributed by atoms with Crippen molar-refractivity contribution in [2.24, 2.45) is 0 Å². The van der Waals surface area contributed by atoms with Crippen molar-refractivity contribution >= 4 is 46.0 Å². The molecule has 0 spiro atoms. The second kappa shape index (κ2) is 11.0. The maximum Gasteiger partial charge on any atom is 0.407 e. The van der Waals surface area contributed by atoms with Crippen molar-refractivity contribution in [2.75, 3.05) is 31.5 Å². The fourth-order valence-electron chi connectivity index (χ4n) is 4.88. The van der Waals surface area contributed by atoms with Gasteiger partial charge in [0, 0.05) is 28.7 Å². The molecule has 4 rings (SSSR count). The van der Waals surface area contributed by atoms with E-state index in [9.17, 15) is 33.0 Å². The summed E-state index contributed by atoms with van der Waals surface area (Å²) in [5.41, 5.74) is -1.98. The van der Waals surface area contributed by atoms with E-state index in [0.717, 1.165) is 12.1 Å². The molecule has 0 bridgehead atoms. The fourth-order valence-corrected chi connectivity index (χ4v) is 5.33. The predicted molar refractivity (Wildman–Crippen MR) is 139 cm³/mol. The van der Waals surface area contributed by atoms with E-state index in [1.165, 1.54) is 21.9 Å². The zero-order chi connectivity index (χ0) is 26.9. The smallest absolute Gasteiger partial charge is 0.407 e. The molecule has 0 aliphatic carbocycles. The summed E-state index contributed by atoms with van der Waals surface area (Å²) in [5.74, 6) is -3.80. The number of rotatable bonds is 7. The molecular formula is C25H28F3IN4O4. The zero-order valence-electron chi connectivity index (χ0n) is 20.1. The molecule has 200 valence electrons. The highest BCUT2D eigenvalue weighted by atomic mass is 127. The summed E-state index contributed by atoms with van der Waals surface area (Å²) in [6.07, 6.45) is 0.988. The monoisotopic (exact) mass is 632 g/mol. The Kier molecular flexibility index (Phi) is 8.19. The van der Waals surface area contributed by atoms with Crippen LogP contribution in [-0.4, -0.2) is 75.9 Å². The Morgan fingerprint density at radius 3 is 2.54 bits per heavy atom. The van der Waals surface area contributed by atoms with Crippen LogP contribution in [0.5, 0.6) is 0 Å². The number of nitrogens with one attached hydrogen (secondary N) is 2. The van der Waals surface area contributed by atoms with Crippen LogP contribution in [0.4, 0.5) is 29.3 Å². The second-order valence-corrected chi connectivity index (χ2v) is 10.8. The Hall–Kier alpha value is -2.58. The molecule has 12 heteroatoms. The number of halogens is 4. The van der Waals surface area contributed by atoms with Gasteiger partial charge in [-0.05, 0) is 72.2 Å². The molecule has 37 heavy (non-hydrogen) atoms. The van der Waals surface area contributed by atoms with E-state index >= 15 is 0 Å². The number of likely N-dealkylation sites (tertiary alicyclic amines) is 2. The summed E-state index contributed by atoms with van der Waals surface area (Å²) in [4.78, 5) is 27.2. The quantitative estimate of drug-likeness (QED) is 0.342. The van der Waals surface area contributed by atoms with Crippen molar-refractivity contribution in [1.82, 2.24) is 15.1 Å². The maximum atomic E-state index is 14.7. The van der Waals surface area contributed by atoms with Crippen molar-refractivity contribution in [3.05, 3.63) is 56.9 Å². The number of β-amino-alcohol motifs (C(OH)–C–C–N with tert-alkyl or cyclic N) is 1. The van der Waals surface area contributed by atoms with Gasteiger partial charge in [-0.3, -0.25) is 4.79 Å². The van der Waals surface area contributed by atoms with Crippen molar-refractivity contribution < 1.29 is 33.0 Å². The van der Waals surface area contributed by atoms with E-state index in [4.69, 9.17) is 0 Å². The average Bonchev–Trinajstić information content (AvgIpc) is 2.84. The number of carboxylic acid groups (broad SMARTS) is 1. The number of nitrogens with zero attached hydrogens (tertiary/aromatic N) is 2. The van der Waals surface area contributed by atoms with Crippen LogP contribution in [0.25, 0.3) is 0 Å². The third-order valence-corrected chi connectivity index (χ3v) is 7.60. The van der Waals surface area contributed by atoms with Gasteiger partial charge in [-0.2, -0.15) is 0 Å². The summed E-state index contributed by atoms with van der Waals surface area (Å²) >= 11 is 1.92. The molecular weight excluding hydrogens is 604 g/mol. The van der Waals surface area contributed by atoms with Crippen molar-refractivity contribution in [3.8, 4) is 0 Å². The minimum atomic E-state index is -1.31. The van der Waals surface area contributed by atoms with Crippen LogP contribution in [0.2, 0.25) is 0 Å². The van der Waals surface area contributed by atoms with Gasteiger partial charge in [0.1, 0.15) is 11.4 Å². The van der Waals surface area contributed by atoms with Gasteiger partial charge in [0.15, 0.2) is 11.6 Å². The molecule has 2 aliphatic heterocycles. The first-order chi connectivity index (χ1) is 17.5. The van der Waals surface area contributed by atoms with Crippen LogP contribution in [0.3, 0.4) is 0 Å². The molecule has 8 nitrogen and oxygen atoms in total. The first-order valence-corrected chi connectivity index (χ1v) is 13.0. The van der Waals surface area contributed by atoms with Crippen LogP contribution in [-0.2, 0) is 0 Å². The Morgan fingerprint density at radius 1 is 1.16 bits per heavy atom. The number of anilines is 2. The number of benzene rings is 2. The highest BCUT2D eigenvalue weighted by molar-refractivity contribution is 14.1. The minimum absolute atomic E-state index is 0.0274. The molecule has 2 aromatic rings. The number of hydrogen-bond acceptors (Lipinski definition) is 5. The van der Waals surface area contributed by atoms with Crippen molar-refractivity contribution in [1.29, 1.82) is 0 Å². The molecule has 0 aromatic heterocycles. The highest BCUT2D eigenvalue weighted by Crippen LogP contribution is 2.32. The number of aliphatic hydroxyl groups is 1. The topological polar surface area (TPSA) is 105 Å². The summed E-state index contributed by atoms with van der Waals surface area (Å²) < 4.78 is 43.6. The molecule has 2 aromatic carbocycles. The molecule has 2 aliphatic rings. The van der Waals surface area contributed by atoms with Crippen LogP contribution < -0.4 is 10.6 Å². The number of piperidine rings is 1. The molecule has 2 heterocycles. The number of carbonyl (C=O) groups excluding carboxylic acids is 1. The van der Waals surface area contributed by atoms with Crippen LogP contribution in [0.1, 0.15) is 36.5 Å². The lowest BCUT2D eigenvalue weighted by Crippen LogP contribution is -2.68. The van der Waals surface area contributed by atoms with E-state index in [2.05, 4.69) is 10.6 Å². The molecule has 0 saturated carbocycles. The number of hydrogen-bond donors (Lipinski definition) is 4.